The first-order chi connectivity index (χ1) is 9.72. The molecule has 0 unspecified atom stereocenters. The van der Waals surface area contributed by atoms with Crippen molar-refractivity contribution in [3.63, 3.8) is 0 Å². The van der Waals surface area contributed by atoms with E-state index in [0.717, 1.165) is 31.0 Å². The predicted octanol–water partition coefficient (Wildman–Crippen LogP) is 2.87. The molecule has 5 heteroatoms. The molecule has 0 bridgehead atoms. The molecule has 0 spiro atoms. The molecule has 1 aromatic heterocycles. The average molecular weight is 275 g/mol. The van der Waals surface area contributed by atoms with Crippen LogP contribution in [-0.2, 0) is 6.42 Å². The fourth-order valence-electron chi connectivity index (χ4n) is 2.09. The van der Waals surface area contributed by atoms with E-state index in [-0.39, 0.29) is 11.7 Å². The van der Waals surface area contributed by atoms with E-state index < -0.39 is 0 Å². The molecule has 3 rings (SSSR count). The molecule has 1 aliphatic rings. The van der Waals surface area contributed by atoms with E-state index in [2.05, 4.69) is 15.5 Å². The standard InChI is InChI=1S/C15H18FN3O/c1-10-4-7-12(13(16)9-10)15-19-18-14(20-15)3-2-8-17-11-5-6-11/h4,7,9,11,17H,2-3,5-6,8H2,1H3. The smallest absolute Gasteiger partial charge is 0.250 e. The van der Waals surface area contributed by atoms with Gasteiger partial charge in [0.25, 0.3) is 5.89 Å². The summed E-state index contributed by atoms with van der Waals surface area (Å²) in [5.74, 6) is 0.501. The Morgan fingerprint density at radius 1 is 1.35 bits per heavy atom. The first kappa shape index (κ1) is 13.2. The molecule has 106 valence electrons. The molecule has 0 saturated heterocycles. The minimum absolute atomic E-state index is 0.257. The summed E-state index contributed by atoms with van der Waals surface area (Å²) < 4.78 is 19.3. The summed E-state index contributed by atoms with van der Waals surface area (Å²) in [6.45, 7) is 2.81. The second kappa shape index (κ2) is 5.71. The van der Waals surface area contributed by atoms with Crippen LogP contribution >= 0.6 is 0 Å². The molecular weight excluding hydrogens is 257 g/mol. The van der Waals surface area contributed by atoms with Gasteiger partial charge in [-0.3, -0.25) is 0 Å². The third kappa shape index (κ3) is 3.22. The van der Waals surface area contributed by atoms with Crippen molar-refractivity contribution < 1.29 is 8.81 Å². The monoisotopic (exact) mass is 275 g/mol. The van der Waals surface area contributed by atoms with Crippen LogP contribution in [0.15, 0.2) is 22.6 Å². The lowest BCUT2D eigenvalue weighted by molar-refractivity contribution is 0.487. The molecule has 1 fully saturated rings. The Balaban J connectivity index is 1.60. The van der Waals surface area contributed by atoms with Crippen molar-refractivity contribution in [3.05, 3.63) is 35.5 Å². The lowest BCUT2D eigenvalue weighted by Gasteiger charge is -2.00. The van der Waals surface area contributed by atoms with Crippen molar-refractivity contribution >= 4 is 0 Å². The summed E-state index contributed by atoms with van der Waals surface area (Å²) in [6.07, 6.45) is 4.25. The van der Waals surface area contributed by atoms with Gasteiger partial charge in [-0.25, -0.2) is 4.39 Å². The second-order valence-electron chi connectivity index (χ2n) is 5.32. The Morgan fingerprint density at radius 2 is 2.20 bits per heavy atom. The molecule has 1 saturated carbocycles. The first-order valence-corrected chi connectivity index (χ1v) is 7.04. The van der Waals surface area contributed by atoms with E-state index >= 15 is 0 Å². The highest BCUT2D eigenvalue weighted by Crippen LogP contribution is 2.22. The van der Waals surface area contributed by atoms with Gasteiger partial charge >= 0.3 is 0 Å². The third-order valence-electron chi connectivity index (χ3n) is 3.40. The lowest BCUT2D eigenvalue weighted by Crippen LogP contribution is -2.17. The van der Waals surface area contributed by atoms with Gasteiger partial charge in [0.2, 0.25) is 5.89 Å². The Labute approximate surface area is 117 Å². The zero-order valence-electron chi connectivity index (χ0n) is 11.5. The van der Waals surface area contributed by atoms with Gasteiger partial charge in [0, 0.05) is 12.5 Å². The van der Waals surface area contributed by atoms with E-state index in [1.165, 1.54) is 18.9 Å². The van der Waals surface area contributed by atoms with Crippen LogP contribution in [0.5, 0.6) is 0 Å². The first-order valence-electron chi connectivity index (χ1n) is 7.04. The van der Waals surface area contributed by atoms with Crippen LogP contribution in [0.4, 0.5) is 4.39 Å². The number of nitrogens with zero attached hydrogens (tertiary/aromatic N) is 2. The number of halogens is 1. The molecule has 0 amide bonds. The van der Waals surface area contributed by atoms with Crippen molar-refractivity contribution in [2.45, 2.75) is 38.6 Å². The lowest BCUT2D eigenvalue weighted by atomic mass is 10.1. The maximum atomic E-state index is 13.8. The van der Waals surface area contributed by atoms with Gasteiger partial charge in [-0.15, -0.1) is 10.2 Å². The van der Waals surface area contributed by atoms with Crippen molar-refractivity contribution in [3.8, 4) is 11.5 Å². The Bertz CT molecular complexity index is 593. The predicted molar refractivity (Wildman–Crippen MR) is 73.8 cm³/mol. The summed E-state index contributed by atoms with van der Waals surface area (Å²) in [5, 5.41) is 11.3. The number of aryl methyl sites for hydroxylation is 2. The van der Waals surface area contributed by atoms with Crippen LogP contribution in [-0.4, -0.2) is 22.8 Å². The highest BCUT2D eigenvalue weighted by atomic mass is 19.1. The van der Waals surface area contributed by atoms with Crippen molar-refractivity contribution in [1.82, 2.24) is 15.5 Å². The fourth-order valence-corrected chi connectivity index (χ4v) is 2.09. The van der Waals surface area contributed by atoms with Crippen LogP contribution in [0.3, 0.4) is 0 Å². The van der Waals surface area contributed by atoms with Crippen LogP contribution in [0.1, 0.15) is 30.7 Å². The van der Waals surface area contributed by atoms with E-state index in [9.17, 15) is 4.39 Å². The number of benzene rings is 1. The quantitative estimate of drug-likeness (QED) is 0.824. The van der Waals surface area contributed by atoms with Crippen molar-refractivity contribution in [2.24, 2.45) is 0 Å². The number of nitrogens with one attached hydrogen (secondary N) is 1. The average Bonchev–Trinajstić information content (AvgIpc) is 3.13. The zero-order chi connectivity index (χ0) is 13.9. The van der Waals surface area contributed by atoms with Gasteiger partial charge in [0.05, 0.1) is 5.56 Å². The minimum Gasteiger partial charge on any atom is -0.421 e. The van der Waals surface area contributed by atoms with Gasteiger partial charge in [-0.05, 0) is 50.4 Å². The Kier molecular flexibility index (Phi) is 3.78. The van der Waals surface area contributed by atoms with Crippen molar-refractivity contribution in [1.29, 1.82) is 0 Å². The van der Waals surface area contributed by atoms with Gasteiger partial charge < -0.3 is 9.73 Å². The topological polar surface area (TPSA) is 51.0 Å². The Morgan fingerprint density at radius 3 is 2.95 bits per heavy atom. The SMILES string of the molecule is Cc1ccc(-c2nnc(CCCNC3CC3)o2)c(F)c1. The highest BCUT2D eigenvalue weighted by Gasteiger charge is 2.19. The van der Waals surface area contributed by atoms with Gasteiger partial charge in [-0.1, -0.05) is 6.07 Å². The fraction of sp³-hybridized carbons (Fsp3) is 0.467. The molecule has 1 heterocycles. The molecular formula is C15H18FN3O. The molecule has 2 aromatic rings. The zero-order valence-corrected chi connectivity index (χ0v) is 11.5. The van der Waals surface area contributed by atoms with Gasteiger partial charge in [0.15, 0.2) is 0 Å². The van der Waals surface area contributed by atoms with Crippen molar-refractivity contribution in [2.75, 3.05) is 6.54 Å². The molecule has 0 atom stereocenters. The number of hydrogen-bond donors (Lipinski definition) is 1. The summed E-state index contributed by atoms with van der Waals surface area (Å²) in [6, 6.07) is 5.70. The summed E-state index contributed by atoms with van der Waals surface area (Å²) in [7, 11) is 0. The van der Waals surface area contributed by atoms with Crippen LogP contribution < -0.4 is 5.32 Å². The van der Waals surface area contributed by atoms with Crippen LogP contribution in [0.25, 0.3) is 11.5 Å². The number of hydrogen-bond acceptors (Lipinski definition) is 4. The molecule has 0 aliphatic heterocycles. The normalized spacial score (nSPS) is 14.7. The maximum absolute atomic E-state index is 13.8. The number of rotatable bonds is 6. The summed E-state index contributed by atoms with van der Waals surface area (Å²) >= 11 is 0. The summed E-state index contributed by atoms with van der Waals surface area (Å²) in [4.78, 5) is 0. The molecule has 0 radical (unpaired) electrons. The minimum atomic E-state index is -0.324. The summed E-state index contributed by atoms with van der Waals surface area (Å²) in [5.41, 5.74) is 1.24. The molecule has 20 heavy (non-hydrogen) atoms. The largest absolute Gasteiger partial charge is 0.421 e. The Hall–Kier alpha value is -1.75. The molecule has 1 aromatic carbocycles. The van der Waals surface area contributed by atoms with Gasteiger partial charge in [0.1, 0.15) is 5.82 Å². The van der Waals surface area contributed by atoms with E-state index in [1.54, 1.807) is 6.07 Å². The molecule has 4 nitrogen and oxygen atoms in total. The molecule has 1 aliphatic carbocycles. The van der Waals surface area contributed by atoms with E-state index in [0.29, 0.717) is 11.5 Å². The molecule has 1 N–H and O–H groups in total. The highest BCUT2D eigenvalue weighted by molar-refractivity contribution is 5.54. The maximum Gasteiger partial charge on any atom is 0.250 e. The van der Waals surface area contributed by atoms with Gasteiger partial charge in [-0.2, -0.15) is 0 Å². The van der Waals surface area contributed by atoms with Crippen LogP contribution in [0, 0.1) is 12.7 Å². The third-order valence-corrected chi connectivity index (χ3v) is 3.40. The van der Waals surface area contributed by atoms with E-state index in [4.69, 9.17) is 4.42 Å². The number of aromatic nitrogens is 2. The van der Waals surface area contributed by atoms with E-state index in [1.807, 2.05) is 13.0 Å². The van der Waals surface area contributed by atoms with Crippen LogP contribution in [0.2, 0.25) is 0 Å². The second-order valence-corrected chi connectivity index (χ2v) is 5.32.